The minimum atomic E-state index is -1.07. The molecule has 0 aliphatic rings. The van der Waals surface area contributed by atoms with Gasteiger partial charge in [-0.05, 0) is 25.0 Å². The van der Waals surface area contributed by atoms with E-state index in [0.29, 0.717) is 12.1 Å². The molecule has 1 heterocycles. The van der Waals surface area contributed by atoms with Gasteiger partial charge in [0, 0.05) is 18.2 Å². The molecule has 0 fully saturated rings. The lowest BCUT2D eigenvalue weighted by molar-refractivity contribution is -0.131. The molecule has 0 atom stereocenters. The molecule has 0 amide bonds. The average molecular weight is 236 g/mol. The Morgan fingerprint density at radius 3 is 2.71 bits per heavy atom. The van der Waals surface area contributed by atoms with Gasteiger partial charge >= 0.3 is 5.97 Å². The van der Waals surface area contributed by atoms with Crippen molar-refractivity contribution in [1.29, 1.82) is 0 Å². The van der Waals surface area contributed by atoms with E-state index >= 15 is 0 Å². The van der Waals surface area contributed by atoms with Gasteiger partial charge in [-0.25, -0.2) is 9.48 Å². The monoisotopic (exact) mass is 236 g/mol. The first-order valence-electron chi connectivity index (χ1n) is 5.48. The summed E-state index contributed by atoms with van der Waals surface area (Å²) in [6.45, 7) is 6.23. The summed E-state index contributed by atoms with van der Waals surface area (Å²) in [4.78, 5) is 22.3. The van der Waals surface area contributed by atoms with Crippen molar-refractivity contribution in [3.63, 3.8) is 0 Å². The molecule has 0 spiro atoms. The van der Waals surface area contributed by atoms with Crippen LogP contribution in [0.3, 0.4) is 0 Å². The minimum absolute atomic E-state index is 0.186. The van der Waals surface area contributed by atoms with Crippen molar-refractivity contribution < 1.29 is 9.90 Å². The summed E-state index contributed by atoms with van der Waals surface area (Å²) in [5.41, 5.74) is 0.860. The van der Waals surface area contributed by atoms with Crippen molar-refractivity contribution in [2.75, 3.05) is 0 Å². The molecule has 0 bridgehead atoms. The normalized spacial score (nSPS) is 11.3. The summed E-state index contributed by atoms with van der Waals surface area (Å²) in [7, 11) is 0. The Labute approximate surface area is 99.4 Å². The van der Waals surface area contributed by atoms with Crippen LogP contribution in [-0.2, 0) is 11.3 Å². The molecule has 92 valence electrons. The highest BCUT2D eigenvalue weighted by Gasteiger charge is 2.08. The molecule has 1 aromatic heterocycles. The maximum atomic E-state index is 11.8. The smallest absolute Gasteiger partial charge is 0.328 e. The highest BCUT2D eigenvalue weighted by Crippen LogP contribution is 2.11. The van der Waals surface area contributed by atoms with Crippen LogP contribution in [0.2, 0.25) is 0 Å². The Kier molecular flexibility index (Phi) is 4.20. The average Bonchev–Trinajstić information content (AvgIpc) is 2.27. The van der Waals surface area contributed by atoms with E-state index in [2.05, 4.69) is 5.10 Å². The number of hydrogen-bond acceptors (Lipinski definition) is 3. The summed E-state index contributed by atoms with van der Waals surface area (Å²) in [6.07, 6.45) is 2.27. The Bertz CT molecular complexity index is 501. The Hall–Kier alpha value is -1.91. The summed E-state index contributed by atoms with van der Waals surface area (Å²) >= 11 is 0. The summed E-state index contributed by atoms with van der Waals surface area (Å²) < 4.78 is 1.34. The molecule has 0 aromatic carbocycles. The van der Waals surface area contributed by atoms with E-state index in [9.17, 15) is 9.59 Å². The third-order valence-corrected chi connectivity index (χ3v) is 2.32. The zero-order valence-corrected chi connectivity index (χ0v) is 10.2. The molecule has 5 nitrogen and oxygen atoms in total. The van der Waals surface area contributed by atoms with Gasteiger partial charge < -0.3 is 5.11 Å². The molecule has 0 unspecified atom stereocenters. The Morgan fingerprint density at radius 1 is 1.59 bits per heavy atom. The fourth-order valence-corrected chi connectivity index (χ4v) is 1.36. The van der Waals surface area contributed by atoms with Crippen LogP contribution >= 0.6 is 0 Å². The number of aryl methyl sites for hydroxylation is 1. The second-order valence-electron chi connectivity index (χ2n) is 3.97. The first-order valence-corrected chi connectivity index (χ1v) is 5.48. The number of nitrogens with zero attached hydrogens (tertiary/aromatic N) is 2. The molecule has 0 saturated heterocycles. The predicted octanol–water partition coefficient (Wildman–Crippen LogP) is 1.48. The molecule has 5 heteroatoms. The number of rotatable bonds is 4. The first kappa shape index (κ1) is 13.2. The van der Waals surface area contributed by atoms with Gasteiger partial charge in [0.15, 0.2) is 0 Å². The van der Waals surface area contributed by atoms with Crippen molar-refractivity contribution in [1.82, 2.24) is 9.78 Å². The molecule has 0 aliphatic heterocycles. The minimum Gasteiger partial charge on any atom is -0.478 e. The third kappa shape index (κ3) is 3.27. The number of carboxylic acid groups (broad SMARTS) is 1. The van der Waals surface area contributed by atoms with Crippen LogP contribution in [0.25, 0.3) is 6.08 Å². The van der Waals surface area contributed by atoms with E-state index in [0.717, 1.165) is 11.8 Å². The SMILES string of the molecule is CCn1nc(C(C)C)cc(/C=C/C(=O)O)c1=O. The van der Waals surface area contributed by atoms with Crippen molar-refractivity contribution in [2.45, 2.75) is 33.2 Å². The van der Waals surface area contributed by atoms with Gasteiger partial charge in [0.05, 0.1) is 5.69 Å². The predicted molar refractivity (Wildman–Crippen MR) is 64.9 cm³/mol. The van der Waals surface area contributed by atoms with Crippen LogP contribution in [0.15, 0.2) is 16.9 Å². The van der Waals surface area contributed by atoms with Gasteiger partial charge in [-0.15, -0.1) is 0 Å². The quantitative estimate of drug-likeness (QED) is 0.804. The number of carboxylic acids is 1. The molecular formula is C12H16N2O3. The summed E-state index contributed by atoms with van der Waals surface area (Å²) in [5, 5.41) is 12.8. The van der Waals surface area contributed by atoms with Crippen molar-refractivity contribution in [2.24, 2.45) is 0 Å². The second kappa shape index (κ2) is 5.43. The maximum absolute atomic E-state index is 11.8. The molecule has 1 aromatic rings. The number of aromatic nitrogens is 2. The molecule has 0 aliphatic carbocycles. The van der Waals surface area contributed by atoms with Crippen molar-refractivity contribution >= 4 is 12.0 Å². The van der Waals surface area contributed by atoms with Gasteiger partial charge in [0.25, 0.3) is 5.56 Å². The Morgan fingerprint density at radius 2 is 2.24 bits per heavy atom. The molecular weight excluding hydrogens is 220 g/mol. The molecule has 0 saturated carbocycles. The zero-order chi connectivity index (χ0) is 13.0. The highest BCUT2D eigenvalue weighted by molar-refractivity contribution is 5.85. The Balaban J connectivity index is 3.32. The fraction of sp³-hybridized carbons (Fsp3) is 0.417. The zero-order valence-electron chi connectivity index (χ0n) is 10.2. The van der Waals surface area contributed by atoms with Gasteiger partial charge in [0.2, 0.25) is 0 Å². The standard InChI is InChI=1S/C12H16N2O3/c1-4-14-12(17)9(5-6-11(15)16)7-10(13-14)8(2)3/h5-8H,4H2,1-3H3,(H,15,16)/b6-5+. The fourth-order valence-electron chi connectivity index (χ4n) is 1.36. The van der Waals surface area contributed by atoms with Gasteiger partial charge in [-0.1, -0.05) is 13.8 Å². The van der Waals surface area contributed by atoms with E-state index in [-0.39, 0.29) is 11.5 Å². The lowest BCUT2D eigenvalue weighted by atomic mass is 10.1. The van der Waals surface area contributed by atoms with Crippen molar-refractivity contribution in [3.05, 3.63) is 33.8 Å². The third-order valence-electron chi connectivity index (χ3n) is 2.32. The highest BCUT2D eigenvalue weighted by atomic mass is 16.4. The summed E-state index contributed by atoms with van der Waals surface area (Å²) in [5.74, 6) is -0.888. The number of hydrogen-bond donors (Lipinski definition) is 1. The van der Waals surface area contributed by atoms with Gasteiger partial charge in [-0.3, -0.25) is 4.79 Å². The van der Waals surface area contributed by atoms with Crippen LogP contribution in [-0.4, -0.2) is 20.9 Å². The van der Waals surface area contributed by atoms with Crippen LogP contribution in [0.5, 0.6) is 0 Å². The largest absolute Gasteiger partial charge is 0.478 e. The number of aliphatic carboxylic acids is 1. The van der Waals surface area contributed by atoms with Crippen LogP contribution in [0, 0.1) is 0 Å². The summed E-state index contributed by atoms with van der Waals surface area (Å²) in [6, 6.07) is 1.64. The van der Waals surface area contributed by atoms with E-state index in [1.807, 2.05) is 20.8 Å². The van der Waals surface area contributed by atoms with Crippen LogP contribution < -0.4 is 5.56 Å². The first-order chi connectivity index (χ1) is 7.95. The van der Waals surface area contributed by atoms with Crippen molar-refractivity contribution in [3.8, 4) is 0 Å². The van der Waals surface area contributed by atoms with E-state index < -0.39 is 5.97 Å². The topological polar surface area (TPSA) is 72.2 Å². The molecule has 1 N–H and O–H groups in total. The van der Waals surface area contributed by atoms with Gasteiger partial charge in [-0.2, -0.15) is 5.10 Å². The number of carbonyl (C=O) groups is 1. The molecule has 1 rings (SSSR count). The molecule has 0 radical (unpaired) electrons. The van der Waals surface area contributed by atoms with Crippen LogP contribution in [0.1, 0.15) is 37.9 Å². The van der Waals surface area contributed by atoms with Gasteiger partial charge in [0.1, 0.15) is 0 Å². The van der Waals surface area contributed by atoms with E-state index in [1.165, 1.54) is 10.8 Å². The lowest BCUT2D eigenvalue weighted by Crippen LogP contribution is -2.25. The maximum Gasteiger partial charge on any atom is 0.328 e. The lowest BCUT2D eigenvalue weighted by Gasteiger charge is -2.09. The van der Waals surface area contributed by atoms with Crippen LogP contribution in [0.4, 0.5) is 0 Å². The van der Waals surface area contributed by atoms with E-state index in [1.54, 1.807) is 6.07 Å². The second-order valence-corrected chi connectivity index (χ2v) is 3.97. The molecule has 17 heavy (non-hydrogen) atoms. The van der Waals surface area contributed by atoms with E-state index in [4.69, 9.17) is 5.11 Å².